The second kappa shape index (κ2) is 7.53. The largest absolute Gasteiger partial charge is 0.391 e. The number of β-amino-alcohol motifs (C(OH)–C–C–N with tert-alkyl or cyclic N) is 1. The van der Waals surface area contributed by atoms with Crippen molar-refractivity contribution in [3.63, 3.8) is 0 Å². The molecule has 0 saturated carbocycles. The minimum atomic E-state index is -0.699. The first-order valence-corrected chi connectivity index (χ1v) is 10.2. The van der Waals surface area contributed by atoms with Crippen molar-refractivity contribution in [2.24, 2.45) is 11.7 Å². The number of para-hydroxylation sites is 1. The third-order valence-corrected chi connectivity index (χ3v) is 6.23. The molecule has 3 unspecified atom stereocenters. The molecule has 29 heavy (non-hydrogen) atoms. The van der Waals surface area contributed by atoms with E-state index >= 15 is 0 Å². The van der Waals surface area contributed by atoms with Crippen molar-refractivity contribution in [3.05, 3.63) is 41.2 Å². The van der Waals surface area contributed by atoms with Gasteiger partial charge in [0, 0.05) is 13.0 Å². The quantitative estimate of drug-likeness (QED) is 0.652. The van der Waals surface area contributed by atoms with Crippen molar-refractivity contribution >= 4 is 33.4 Å². The summed E-state index contributed by atoms with van der Waals surface area (Å²) >= 11 is 1.53. The molecule has 1 aliphatic heterocycles. The summed E-state index contributed by atoms with van der Waals surface area (Å²) in [7, 11) is 0. The van der Waals surface area contributed by atoms with Gasteiger partial charge in [-0.05, 0) is 18.1 Å². The monoisotopic (exact) mass is 414 g/mol. The van der Waals surface area contributed by atoms with Crippen molar-refractivity contribution in [2.45, 2.75) is 38.5 Å². The Bertz CT molecular complexity index is 1030. The smallest absolute Gasteiger partial charge is 0.270 e. The molecule has 3 atom stereocenters. The highest BCUT2D eigenvalue weighted by Crippen LogP contribution is 2.38. The Kier molecular flexibility index (Phi) is 5.05. The van der Waals surface area contributed by atoms with Crippen LogP contribution >= 0.6 is 11.3 Å². The van der Waals surface area contributed by atoms with Gasteiger partial charge < -0.3 is 15.7 Å². The summed E-state index contributed by atoms with van der Waals surface area (Å²) in [6.45, 7) is 4.01. The number of benzene rings is 1. The minimum Gasteiger partial charge on any atom is -0.391 e. The van der Waals surface area contributed by atoms with Gasteiger partial charge in [-0.25, -0.2) is 9.67 Å². The van der Waals surface area contributed by atoms with Crippen LogP contribution in [0, 0.1) is 5.92 Å². The number of fused-ring (bicyclic) bond motifs is 1. The van der Waals surface area contributed by atoms with Crippen molar-refractivity contribution < 1.29 is 14.7 Å². The van der Waals surface area contributed by atoms with Gasteiger partial charge in [0.25, 0.3) is 5.91 Å². The number of aromatic nitrogens is 4. The van der Waals surface area contributed by atoms with E-state index in [0.29, 0.717) is 6.42 Å². The maximum Gasteiger partial charge on any atom is 0.270 e. The number of primary amides is 1. The first kappa shape index (κ1) is 19.5. The van der Waals surface area contributed by atoms with E-state index in [4.69, 9.17) is 5.73 Å². The molecule has 1 saturated heterocycles. The molecular formula is C19H22N6O3S. The summed E-state index contributed by atoms with van der Waals surface area (Å²) in [5, 5.41) is 18.8. The van der Waals surface area contributed by atoms with E-state index in [9.17, 15) is 14.7 Å². The van der Waals surface area contributed by atoms with E-state index in [1.54, 1.807) is 4.90 Å². The lowest BCUT2D eigenvalue weighted by atomic mass is 10.0. The summed E-state index contributed by atoms with van der Waals surface area (Å²) in [5.41, 5.74) is 6.15. The highest BCUT2D eigenvalue weighted by atomic mass is 32.1. The molecule has 2 amide bonds. The van der Waals surface area contributed by atoms with E-state index in [2.05, 4.69) is 15.3 Å². The number of amides is 2. The van der Waals surface area contributed by atoms with Gasteiger partial charge in [0.05, 0.1) is 28.6 Å². The van der Waals surface area contributed by atoms with Gasteiger partial charge in [-0.15, -0.1) is 16.4 Å². The van der Waals surface area contributed by atoms with Gasteiger partial charge >= 0.3 is 0 Å². The molecule has 9 nitrogen and oxygen atoms in total. The fourth-order valence-corrected chi connectivity index (χ4v) is 4.82. The van der Waals surface area contributed by atoms with Crippen LogP contribution in [0.1, 0.15) is 47.8 Å². The molecule has 0 bridgehead atoms. The summed E-state index contributed by atoms with van der Waals surface area (Å²) in [6.07, 6.45) is 1.20. The molecule has 1 aromatic carbocycles. The van der Waals surface area contributed by atoms with Gasteiger partial charge in [0.15, 0.2) is 5.69 Å². The van der Waals surface area contributed by atoms with Crippen molar-refractivity contribution in [2.75, 3.05) is 6.54 Å². The number of hydrogen-bond donors (Lipinski definition) is 2. The zero-order valence-corrected chi connectivity index (χ0v) is 16.9. The predicted octanol–water partition coefficient (Wildman–Crippen LogP) is 1.52. The second-order valence-corrected chi connectivity index (χ2v) is 8.61. The van der Waals surface area contributed by atoms with E-state index in [1.807, 2.05) is 38.1 Å². The number of carbonyl (C=O) groups excluding carboxylic acids is 2. The van der Waals surface area contributed by atoms with Crippen LogP contribution < -0.4 is 5.73 Å². The number of aliphatic hydroxyl groups is 1. The Hall–Kier alpha value is -2.85. The molecule has 1 aliphatic rings. The highest BCUT2D eigenvalue weighted by molar-refractivity contribution is 7.18. The molecule has 2 aromatic heterocycles. The van der Waals surface area contributed by atoms with Crippen LogP contribution in [0.15, 0.2) is 30.5 Å². The van der Waals surface area contributed by atoms with E-state index in [-0.39, 0.29) is 30.1 Å². The van der Waals surface area contributed by atoms with Crippen LogP contribution in [0.2, 0.25) is 0 Å². The van der Waals surface area contributed by atoms with Crippen LogP contribution in [0.3, 0.4) is 0 Å². The molecule has 3 heterocycles. The first-order valence-electron chi connectivity index (χ1n) is 9.40. The molecule has 1 fully saturated rings. The number of likely N-dealkylation sites (tertiary alicyclic amines) is 1. The van der Waals surface area contributed by atoms with Crippen LogP contribution in [-0.4, -0.2) is 54.4 Å². The van der Waals surface area contributed by atoms with Crippen LogP contribution in [0.5, 0.6) is 0 Å². The Balaban J connectivity index is 1.67. The summed E-state index contributed by atoms with van der Waals surface area (Å²) in [5.74, 6) is -1.00. The lowest BCUT2D eigenvalue weighted by Gasteiger charge is -2.29. The third kappa shape index (κ3) is 3.60. The lowest BCUT2D eigenvalue weighted by Crippen LogP contribution is -2.40. The lowest BCUT2D eigenvalue weighted by molar-refractivity contribution is -0.137. The second-order valence-electron chi connectivity index (χ2n) is 7.55. The Labute approximate surface area is 171 Å². The standard InChI is InChI=1S/C19H22N6O3S/c1-10(2)16(25-9-13(17(20)27)22-23-25)19(28)24-8-11(26)7-14(24)18-21-12-5-3-4-6-15(12)29-18/h3-6,9-11,14,16,26H,7-8H2,1-2H3,(H2,20,27). The fourth-order valence-electron chi connectivity index (χ4n) is 3.72. The SMILES string of the molecule is CC(C)C(C(=O)N1CC(O)CC1c1nc2ccccc2s1)n1cc(C(N)=O)nn1. The van der Waals surface area contributed by atoms with Crippen molar-refractivity contribution in [1.82, 2.24) is 24.9 Å². The van der Waals surface area contributed by atoms with Gasteiger partial charge in [-0.1, -0.05) is 31.2 Å². The third-order valence-electron chi connectivity index (χ3n) is 5.09. The van der Waals surface area contributed by atoms with E-state index in [1.165, 1.54) is 22.2 Å². The van der Waals surface area contributed by atoms with Gasteiger partial charge in [0.2, 0.25) is 5.91 Å². The zero-order chi connectivity index (χ0) is 20.7. The zero-order valence-electron chi connectivity index (χ0n) is 16.1. The normalized spacial score (nSPS) is 20.5. The van der Waals surface area contributed by atoms with Gasteiger partial charge in [-0.3, -0.25) is 9.59 Å². The Morgan fingerprint density at radius 3 is 2.72 bits per heavy atom. The number of carbonyl (C=O) groups is 2. The summed E-state index contributed by atoms with van der Waals surface area (Å²) in [4.78, 5) is 31.2. The number of nitrogens with zero attached hydrogens (tertiary/aromatic N) is 5. The highest BCUT2D eigenvalue weighted by Gasteiger charge is 2.41. The minimum absolute atomic E-state index is 0.00706. The van der Waals surface area contributed by atoms with Crippen LogP contribution in [0.25, 0.3) is 10.2 Å². The molecular weight excluding hydrogens is 392 g/mol. The number of nitrogens with two attached hydrogens (primary N) is 1. The average Bonchev–Trinajstić information content (AvgIpc) is 3.38. The van der Waals surface area contributed by atoms with E-state index in [0.717, 1.165) is 15.2 Å². The van der Waals surface area contributed by atoms with Crippen molar-refractivity contribution in [1.29, 1.82) is 0 Å². The maximum absolute atomic E-state index is 13.5. The number of aliphatic hydroxyl groups excluding tert-OH is 1. The van der Waals surface area contributed by atoms with Gasteiger partial charge in [0.1, 0.15) is 11.0 Å². The molecule has 0 radical (unpaired) electrons. The molecule has 3 N–H and O–H groups in total. The van der Waals surface area contributed by atoms with Crippen LogP contribution in [-0.2, 0) is 4.79 Å². The topological polar surface area (TPSA) is 127 Å². The van der Waals surface area contributed by atoms with Crippen LogP contribution in [0.4, 0.5) is 0 Å². The maximum atomic E-state index is 13.5. The van der Waals surface area contributed by atoms with Crippen molar-refractivity contribution in [3.8, 4) is 0 Å². The average molecular weight is 414 g/mol. The number of hydrogen-bond acceptors (Lipinski definition) is 7. The predicted molar refractivity (Wildman–Crippen MR) is 107 cm³/mol. The summed E-state index contributed by atoms with van der Waals surface area (Å²) < 4.78 is 2.42. The summed E-state index contributed by atoms with van der Waals surface area (Å²) in [6, 6.07) is 6.82. The molecule has 3 aromatic rings. The Morgan fingerprint density at radius 2 is 2.07 bits per heavy atom. The van der Waals surface area contributed by atoms with Gasteiger partial charge in [-0.2, -0.15) is 0 Å². The number of thiazole rings is 1. The number of rotatable bonds is 5. The molecule has 0 aliphatic carbocycles. The molecule has 10 heteroatoms. The Morgan fingerprint density at radius 1 is 1.31 bits per heavy atom. The fraction of sp³-hybridized carbons (Fsp3) is 0.421. The first-order chi connectivity index (χ1) is 13.8. The molecule has 152 valence electrons. The molecule has 4 rings (SSSR count). The molecule has 0 spiro atoms. The van der Waals surface area contributed by atoms with E-state index < -0.39 is 18.1 Å².